The van der Waals surface area contributed by atoms with E-state index in [1.54, 1.807) is 7.11 Å². The first-order valence-electron chi connectivity index (χ1n) is 7.47. The molecule has 2 aliphatic heterocycles. The molecule has 2 saturated heterocycles. The maximum Gasteiger partial charge on any atom is 0.240 e. The van der Waals surface area contributed by atoms with E-state index in [0.717, 1.165) is 44.5 Å². The van der Waals surface area contributed by atoms with Crippen LogP contribution >= 0.6 is 0 Å². The molecule has 4 heteroatoms. The van der Waals surface area contributed by atoms with Crippen LogP contribution in [0.15, 0.2) is 24.3 Å². The first-order chi connectivity index (χ1) is 9.79. The number of rotatable bonds is 3. The molecule has 4 nitrogen and oxygen atoms in total. The summed E-state index contributed by atoms with van der Waals surface area (Å²) in [4.78, 5) is 14.7. The highest BCUT2D eigenvalue weighted by molar-refractivity contribution is 5.83. The first-order valence-corrected chi connectivity index (χ1v) is 7.47. The summed E-state index contributed by atoms with van der Waals surface area (Å²) in [6.45, 7) is 1.85. The van der Waals surface area contributed by atoms with Crippen LogP contribution in [0.1, 0.15) is 37.3 Å². The number of hydrogen-bond acceptors (Lipinski definition) is 3. The van der Waals surface area contributed by atoms with Gasteiger partial charge in [0.25, 0.3) is 0 Å². The second kappa shape index (κ2) is 5.83. The van der Waals surface area contributed by atoms with Crippen LogP contribution in [-0.2, 0) is 4.79 Å². The van der Waals surface area contributed by atoms with Crippen molar-refractivity contribution in [2.75, 3.05) is 20.2 Å². The third-order valence-corrected chi connectivity index (χ3v) is 4.39. The molecule has 2 atom stereocenters. The van der Waals surface area contributed by atoms with Crippen LogP contribution in [0.2, 0.25) is 0 Å². The van der Waals surface area contributed by atoms with Gasteiger partial charge in [-0.1, -0.05) is 12.1 Å². The predicted octanol–water partition coefficient (Wildman–Crippen LogP) is 2.11. The van der Waals surface area contributed by atoms with Gasteiger partial charge in [0.2, 0.25) is 5.91 Å². The molecular weight excluding hydrogens is 252 g/mol. The second-order valence-corrected chi connectivity index (χ2v) is 5.61. The van der Waals surface area contributed by atoms with E-state index in [2.05, 4.69) is 22.3 Å². The molecule has 0 aliphatic carbocycles. The molecule has 0 aromatic heterocycles. The van der Waals surface area contributed by atoms with Gasteiger partial charge in [0.05, 0.1) is 19.2 Å². The molecule has 2 heterocycles. The normalized spacial score (nSPS) is 25.9. The molecule has 1 N–H and O–H groups in total. The summed E-state index contributed by atoms with van der Waals surface area (Å²) >= 11 is 0. The van der Waals surface area contributed by atoms with E-state index in [1.807, 2.05) is 12.1 Å². The Hall–Kier alpha value is -1.55. The molecule has 20 heavy (non-hydrogen) atoms. The highest BCUT2D eigenvalue weighted by atomic mass is 16.5. The van der Waals surface area contributed by atoms with E-state index in [0.29, 0.717) is 0 Å². The van der Waals surface area contributed by atoms with Gasteiger partial charge in [-0.3, -0.25) is 4.79 Å². The zero-order chi connectivity index (χ0) is 13.9. The maximum atomic E-state index is 12.6. The van der Waals surface area contributed by atoms with Gasteiger partial charge in [-0.25, -0.2) is 0 Å². The molecule has 0 spiro atoms. The fourth-order valence-electron chi connectivity index (χ4n) is 3.30. The van der Waals surface area contributed by atoms with Crippen molar-refractivity contribution in [1.29, 1.82) is 0 Å². The Kier molecular flexibility index (Phi) is 3.92. The maximum absolute atomic E-state index is 12.6. The van der Waals surface area contributed by atoms with Crippen LogP contribution < -0.4 is 10.1 Å². The Labute approximate surface area is 120 Å². The quantitative estimate of drug-likeness (QED) is 0.918. The van der Waals surface area contributed by atoms with Crippen LogP contribution in [-0.4, -0.2) is 37.0 Å². The lowest BCUT2D eigenvalue weighted by molar-refractivity contribution is -0.134. The van der Waals surface area contributed by atoms with E-state index >= 15 is 0 Å². The Bertz CT molecular complexity index is 466. The SMILES string of the molecule is COc1ccc(C2CCCN2C(=O)C2CCCN2)cc1. The lowest BCUT2D eigenvalue weighted by Gasteiger charge is -2.28. The topological polar surface area (TPSA) is 41.6 Å². The predicted molar refractivity (Wildman–Crippen MR) is 77.7 cm³/mol. The number of carbonyl (C=O) groups excluding carboxylic acids is 1. The van der Waals surface area contributed by atoms with E-state index in [1.165, 1.54) is 5.56 Å². The van der Waals surface area contributed by atoms with Crippen LogP contribution in [0.3, 0.4) is 0 Å². The molecule has 2 unspecified atom stereocenters. The number of benzene rings is 1. The van der Waals surface area contributed by atoms with Crippen LogP contribution in [0, 0.1) is 0 Å². The molecule has 2 fully saturated rings. The summed E-state index contributed by atoms with van der Waals surface area (Å²) < 4.78 is 5.20. The van der Waals surface area contributed by atoms with Gasteiger partial charge in [-0.05, 0) is 49.9 Å². The van der Waals surface area contributed by atoms with Gasteiger partial charge in [0.15, 0.2) is 0 Å². The highest BCUT2D eigenvalue weighted by Crippen LogP contribution is 2.33. The molecule has 108 valence electrons. The van der Waals surface area contributed by atoms with Crippen molar-refractivity contribution in [2.24, 2.45) is 0 Å². The third kappa shape index (κ3) is 2.52. The van der Waals surface area contributed by atoms with Crippen molar-refractivity contribution in [3.8, 4) is 5.75 Å². The van der Waals surface area contributed by atoms with Crippen molar-refractivity contribution < 1.29 is 9.53 Å². The number of nitrogens with one attached hydrogen (secondary N) is 1. The molecule has 2 aliphatic rings. The Morgan fingerprint density at radius 2 is 2.05 bits per heavy atom. The highest BCUT2D eigenvalue weighted by Gasteiger charge is 2.34. The molecule has 0 saturated carbocycles. The standard InChI is InChI=1S/C16H22N2O2/c1-20-13-8-6-12(7-9-13)15-5-3-11-18(15)16(19)14-4-2-10-17-14/h6-9,14-15,17H,2-5,10-11H2,1H3. The monoisotopic (exact) mass is 274 g/mol. The van der Waals surface area contributed by atoms with Crippen LogP contribution in [0.4, 0.5) is 0 Å². The molecule has 1 amide bonds. The summed E-state index contributed by atoms with van der Waals surface area (Å²) in [7, 11) is 1.67. The van der Waals surface area contributed by atoms with E-state index in [4.69, 9.17) is 4.74 Å². The summed E-state index contributed by atoms with van der Waals surface area (Å²) in [6.07, 6.45) is 4.24. The molecular formula is C16H22N2O2. The minimum Gasteiger partial charge on any atom is -0.497 e. The van der Waals surface area contributed by atoms with Gasteiger partial charge in [-0.15, -0.1) is 0 Å². The average Bonchev–Trinajstić information content (AvgIpc) is 3.18. The number of carbonyl (C=O) groups is 1. The van der Waals surface area contributed by atoms with Gasteiger partial charge >= 0.3 is 0 Å². The lowest BCUT2D eigenvalue weighted by atomic mass is 10.0. The van der Waals surface area contributed by atoms with E-state index < -0.39 is 0 Å². The minimum absolute atomic E-state index is 0.0360. The zero-order valence-electron chi connectivity index (χ0n) is 12.0. The van der Waals surface area contributed by atoms with E-state index in [9.17, 15) is 4.79 Å². The van der Waals surface area contributed by atoms with Gasteiger partial charge in [0.1, 0.15) is 5.75 Å². The van der Waals surface area contributed by atoms with Crippen molar-refractivity contribution in [2.45, 2.75) is 37.8 Å². The fourth-order valence-corrected chi connectivity index (χ4v) is 3.30. The van der Waals surface area contributed by atoms with Gasteiger partial charge < -0.3 is 15.0 Å². The minimum atomic E-state index is 0.0360. The summed E-state index contributed by atoms with van der Waals surface area (Å²) in [5.41, 5.74) is 1.22. The Balaban J connectivity index is 1.75. The van der Waals surface area contributed by atoms with Crippen molar-refractivity contribution in [3.63, 3.8) is 0 Å². The van der Waals surface area contributed by atoms with Crippen LogP contribution in [0.25, 0.3) is 0 Å². The lowest BCUT2D eigenvalue weighted by Crippen LogP contribution is -2.43. The summed E-state index contributed by atoms with van der Waals surface area (Å²) in [5.74, 6) is 1.14. The average molecular weight is 274 g/mol. The molecule has 0 radical (unpaired) electrons. The van der Waals surface area contributed by atoms with Crippen LogP contribution in [0.5, 0.6) is 5.75 Å². The smallest absolute Gasteiger partial charge is 0.240 e. The first kappa shape index (κ1) is 13.4. The number of ether oxygens (including phenoxy) is 1. The summed E-state index contributed by atoms with van der Waals surface area (Å²) in [6, 6.07) is 8.38. The second-order valence-electron chi connectivity index (χ2n) is 5.61. The Morgan fingerprint density at radius 3 is 2.70 bits per heavy atom. The van der Waals surface area contributed by atoms with Crippen molar-refractivity contribution >= 4 is 5.91 Å². The number of likely N-dealkylation sites (tertiary alicyclic amines) is 1. The van der Waals surface area contributed by atoms with Gasteiger partial charge in [-0.2, -0.15) is 0 Å². The van der Waals surface area contributed by atoms with E-state index in [-0.39, 0.29) is 18.0 Å². The summed E-state index contributed by atoms with van der Waals surface area (Å²) in [5, 5.41) is 3.31. The number of amides is 1. The van der Waals surface area contributed by atoms with Crippen molar-refractivity contribution in [1.82, 2.24) is 10.2 Å². The number of methoxy groups -OCH3 is 1. The molecule has 0 bridgehead atoms. The Morgan fingerprint density at radius 1 is 1.25 bits per heavy atom. The fraction of sp³-hybridized carbons (Fsp3) is 0.562. The zero-order valence-corrected chi connectivity index (χ0v) is 12.0. The largest absolute Gasteiger partial charge is 0.497 e. The van der Waals surface area contributed by atoms with Gasteiger partial charge in [0, 0.05) is 6.54 Å². The molecule has 1 aromatic carbocycles. The molecule has 1 aromatic rings. The van der Waals surface area contributed by atoms with Crippen molar-refractivity contribution in [3.05, 3.63) is 29.8 Å². The third-order valence-electron chi connectivity index (χ3n) is 4.39. The number of hydrogen-bond donors (Lipinski definition) is 1. The molecule has 3 rings (SSSR count). The number of nitrogens with zero attached hydrogens (tertiary/aromatic N) is 1.